The summed E-state index contributed by atoms with van der Waals surface area (Å²) in [7, 11) is 0. The summed E-state index contributed by atoms with van der Waals surface area (Å²) in [5.41, 5.74) is -1.68. The van der Waals surface area contributed by atoms with Gasteiger partial charge in [-0.2, -0.15) is 13.2 Å². The van der Waals surface area contributed by atoms with E-state index in [1.165, 1.54) is 0 Å². The van der Waals surface area contributed by atoms with Gasteiger partial charge in [-0.15, -0.1) is 0 Å². The first kappa shape index (κ1) is 18.2. The van der Waals surface area contributed by atoms with E-state index in [2.05, 4.69) is 9.98 Å². The number of benzene rings is 2. The summed E-state index contributed by atoms with van der Waals surface area (Å²) in [4.78, 5) is 19.9. The number of hydrogen-bond acceptors (Lipinski definition) is 3. The second kappa shape index (κ2) is 6.49. The molecule has 1 unspecified atom stereocenters. The van der Waals surface area contributed by atoms with Crippen LogP contribution in [0.5, 0.6) is 0 Å². The Labute approximate surface area is 158 Å². The predicted molar refractivity (Wildman–Crippen MR) is 97.7 cm³/mol. The largest absolute Gasteiger partial charge is 0.448 e. The number of H-pyrrole nitrogens is 1. The van der Waals surface area contributed by atoms with Crippen LogP contribution in [0, 0.1) is 0 Å². The van der Waals surface area contributed by atoms with Crippen LogP contribution < -0.4 is 0 Å². The van der Waals surface area contributed by atoms with E-state index in [0.717, 1.165) is 21.4 Å². The summed E-state index contributed by atoms with van der Waals surface area (Å²) in [6.45, 7) is -0.0488. The number of nitrogens with one attached hydrogen (secondary N) is 1. The molecule has 1 atom stereocenters. The van der Waals surface area contributed by atoms with Gasteiger partial charge in [-0.25, -0.2) is 4.99 Å². The summed E-state index contributed by atoms with van der Waals surface area (Å²) >= 11 is 0. The fourth-order valence-corrected chi connectivity index (χ4v) is 3.32. The van der Waals surface area contributed by atoms with Crippen molar-refractivity contribution in [3.63, 3.8) is 0 Å². The van der Waals surface area contributed by atoms with E-state index in [-0.39, 0.29) is 12.4 Å². The van der Waals surface area contributed by atoms with Crippen LogP contribution >= 0.6 is 0 Å². The van der Waals surface area contributed by atoms with Gasteiger partial charge in [0.05, 0.1) is 0 Å². The van der Waals surface area contributed by atoms with Crippen molar-refractivity contribution in [2.24, 2.45) is 4.99 Å². The van der Waals surface area contributed by atoms with Gasteiger partial charge in [0.2, 0.25) is 0 Å². The molecule has 2 N–H and O–H groups in total. The van der Waals surface area contributed by atoms with Gasteiger partial charge in [-0.3, -0.25) is 9.69 Å². The van der Waals surface area contributed by atoms with Crippen molar-refractivity contribution in [1.29, 1.82) is 0 Å². The molecular weight excluding hydrogens is 371 g/mol. The average Bonchev–Trinajstić information content (AvgIpc) is 3.21. The van der Waals surface area contributed by atoms with Crippen LogP contribution in [0.1, 0.15) is 11.1 Å². The standard InChI is InChI=1S/C20H16F3N3O2/c21-20(22,23)19(28)18(27)26(17(25-19)13-6-2-1-3-7-13)11-10-14-12-24-16-9-5-4-8-15(14)16/h1-9,12,24,28H,10-11H2. The second-order valence-corrected chi connectivity index (χ2v) is 6.54. The minimum Gasteiger partial charge on any atom is -0.361 e. The molecule has 3 aromatic rings. The van der Waals surface area contributed by atoms with Crippen LogP contribution in [0.3, 0.4) is 0 Å². The van der Waals surface area contributed by atoms with Gasteiger partial charge in [0.1, 0.15) is 5.84 Å². The normalized spacial score (nSPS) is 20.1. The molecule has 0 saturated heterocycles. The number of rotatable bonds is 4. The van der Waals surface area contributed by atoms with Crippen LogP contribution in [0.25, 0.3) is 10.9 Å². The molecule has 1 aromatic heterocycles. The summed E-state index contributed by atoms with van der Waals surface area (Å²) < 4.78 is 40.1. The zero-order valence-corrected chi connectivity index (χ0v) is 14.6. The smallest absolute Gasteiger partial charge is 0.361 e. The first-order valence-electron chi connectivity index (χ1n) is 8.62. The second-order valence-electron chi connectivity index (χ2n) is 6.54. The highest BCUT2D eigenvalue weighted by molar-refractivity contribution is 6.15. The monoisotopic (exact) mass is 387 g/mol. The molecule has 4 rings (SSSR count). The molecule has 144 valence electrons. The molecule has 28 heavy (non-hydrogen) atoms. The molecule has 5 nitrogen and oxygen atoms in total. The SMILES string of the molecule is O=C1N(CCc2c[nH]c3ccccc23)C(c2ccccc2)=NC1(O)C(F)(F)F. The van der Waals surface area contributed by atoms with E-state index in [1.54, 1.807) is 36.5 Å². The summed E-state index contributed by atoms with van der Waals surface area (Å²) in [6.07, 6.45) is -3.14. The quantitative estimate of drug-likeness (QED) is 0.722. The van der Waals surface area contributed by atoms with E-state index < -0.39 is 17.8 Å². The van der Waals surface area contributed by atoms with Gasteiger partial charge in [0.15, 0.2) is 0 Å². The molecule has 2 heterocycles. The van der Waals surface area contributed by atoms with Crippen molar-refractivity contribution in [1.82, 2.24) is 9.88 Å². The number of para-hydroxylation sites is 1. The van der Waals surface area contributed by atoms with Crippen molar-refractivity contribution in [3.05, 3.63) is 71.9 Å². The minimum atomic E-state index is -5.21. The number of alkyl halides is 3. The zero-order chi connectivity index (χ0) is 19.9. The molecule has 1 amide bonds. The van der Waals surface area contributed by atoms with Gasteiger partial charge >= 0.3 is 11.9 Å². The van der Waals surface area contributed by atoms with Crippen LogP contribution in [0.2, 0.25) is 0 Å². The number of carbonyl (C=O) groups excluding carboxylic acids is 1. The molecule has 2 aromatic carbocycles. The Bertz CT molecular complexity index is 1060. The predicted octanol–water partition coefficient (Wildman–Crippen LogP) is 3.25. The van der Waals surface area contributed by atoms with E-state index in [9.17, 15) is 23.1 Å². The first-order valence-corrected chi connectivity index (χ1v) is 8.62. The molecule has 1 aliphatic rings. The van der Waals surface area contributed by atoms with Gasteiger partial charge in [0, 0.05) is 29.2 Å². The van der Waals surface area contributed by atoms with Crippen LogP contribution in [-0.4, -0.2) is 45.2 Å². The summed E-state index contributed by atoms with van der Waals surface area (Å²) in [6, 6.07) is 15.6. The van der Waals surface area contributed by atoms with Crippen LogP contribution in [-0.2, 0) is 11.2 Å². The van der Waals surface area contributed by atoms with E-state index in [4.69, 9.17) is 0 Å². The van der Waals surface area contributed by atoms with E-state index in [1.807, 2.05) is 24.3 Å². The maximum absolute atomic E-state index is 13.4. The van der Waals surface area contributed by atoms with Gasteiger partial charge in [-0.05, 0) is 18.1 Å². The number of fused-ring (bicyclic) bond motifs is 1. The highest BCUT2D eigenvalue weighted by Crippen LogP contribution is 2.38. The molecule has 1 aliphatic heterocycles. The molecule has 0 spiro atoms. The topological polar surface area (TPSA) is 68.7 Å². The van der Waals surface area contributed by atoms with Crippen molar-refractivity contribution in [3.8, 4) is 0 Å². The number of carbonyl (C=O) groups is 1. The fraction of sp³-hybridized carbons (Fsp3) is 0.200. The number of amidine groups is 1. The molecular formula is C20H16F3N3O2. The number of aliphatic hydroxyl groups is 1. The lowest BCUT2D eigenvalue weighted by Gasteiger charge is -2.23. The lowest BCUT2D eigenvalue weighted by atomic mass is 10.1. The van der Waals surface area contributed by atoms with Crippen molar-refractivity contribution in [2.75, 3.05) is 6.54 Å². The minimum absolute atomic E-state index is 0.0488. The van der Waals surface area contributed by atoms with E-state index >= 15 is 0 Å². The number of halogens is 3. The Morgan fingerprint density at radius 1 is 1.07 bits per heavy atom. The third-order valence-corrected chi connectivity index (χ3v) is 4.77. The Morgan fingerprint density at radius 2 is 1.75 bits per heavy atom. The average molecular weight is 387 g/mol. The van der Waals surface area contributed by atoms with Gasteiger partial charge in [-0.1, -0.05) is 48.5 Å². The van der Waals surface area contributed by atoms with Crippen LogP contribution in [0.15, 0.2) is 65.8 Å². The molecule has 0 bridgehead atoms. The van der Waals surface area contributed by atoms with Crippen LogP contribution in [0.4, 0.5) is 13.2 Å². The van der Waals surface area contributed by atoms with Crippen molar-refractivity contribution >= 4 is 22.6 Å². The molecule has 0 aliphatic carbocycles. The highest BCUT2D eigenvalue weighted by Gasteiger charge is 2.65. The Morgan fingerprint density at radius 3 is 2.46 bits per heavy atom. The number of aromatic amines is 1. The first-order chi connectivity index (χ1) is 13.3. The van der Waals surface area contributed by atoms with Gasteiger partial charge in [0.25, 0.3) is 5.91 Å². The Hall–Kier alpha value is -3.13. The number of aromatic nitrogens is 1. The number of aliphatic imine (C=N–C) groups is 1. The third-order valence-electron chi connectivity index (χ3n) is 4.77. The third kappa shape index (κ3) is 2.86. The molecule has 0 radical (unpaired) electrons. The Kier molecular flexibility index (Phi) is 4.23. The molecule has 8 heteroatoms. The Balaban J connectivity index is 1.68. The summed E-state index contributed by atoms with van der Waals surface area (Å²) in [5, 5.41) is 10.9. The molecule has 0 fully saturated rings. The van der Waals surface area contributed by atoms with Gasteiger partial charge < -0.3 is 10.1 Å². The van der Waals surface area contributed by atoms with Crippen molar-refractivity contribution < 1.29 is 23.1 Å². The van der Waals surface area contributed by atoms with E-state index in [0.29, 0.717) is 12.0 Å². The fourth-order valence-electron chi connectivity index (χ4n) is 3.32. The van der Waals surface area contributed by atoms with Crippen molar-refractivity contribution in [2.45, 2.75) is 18.3 Å². The summed E-state index contributed by atoms with van der Waals surface area (Å²) in [5.74, 6) is -1.68. The maximum atomic E-state index is 13.4. The maximum Gasteiger partial charge on any atom is 0.448 e. The molecule has 0 saturated carbocycles. The zero-order valence-electron chi connectivity index (χ0n) is 14.6. The number of nitrogens with zero attached hydrogens (tertiary/aromatic N) is 2. The highest BCUT2D eigenvalue weighted by atomic mass is 19.4. The number of hydrogen-bond donors (Lipinski definition) is 2. The number of amides is 1. The lowest BCUT2D eigenvalue weighted by molar-refractivity contribution is -0.248. The lowest BCUT2D eigenvalue weighted by Crippen LogP contribution is -2.52.